The summed E-state index contributed by atoms with van der Waals surface area (Å²) in [6, 6.07) is 19.2. The normalized spacial score (nSPS) is 10.8. The quantitative estimate of drug-likeness (QED) is 0.546. The van der Waals surface area contributed by atoms with Gasteiger partial charge in [-0.25, -0.2) is 4.98 Å². The Morgan fingerprint density at radius 1 is 1.04 bits per heavy atom. The number of aryl methyl sites for hydroxylation is 1. The topological polar surface area (TPSA) is 56.1 Å². The number of anilines is 2. The van der Waals surface area contributed by atoms with Gasteiger partial charge in [0.25, 0.3) is 0 Å². The molecule has 0 amide bonds. The Bertz CT molecular complexity index is 1170. The molecule has 0 spiro atoms. The van der Waals surface area contributed by atoms with Crippen molar-refractivity contribution in [1.29, 1.82) is 0 Å². The second kappa shape index (κ2) is 7.56. The molecule has 0 atom stereocenters. The summed E-state index contributed by atoms with van der Waals surface area (Å²) in [6.07, 6.45) is 3.64. The number of nitrogens with zero attached hydrogens (tertiary/aromatic N) is 2. The highest BCUT2D eigenvalue weighted by Crippen LogP contribution is 2.26. The van der Waals surface area contributed by atoms with E-state index in [1.165, 1.54) is 0 Å². The molecule has 4 aromatic rings. The zero-order valence-electron chi connectivity index (χ0n) is 15.8. The van der Waals surface area contributed by atoms with Crippen LogP contribution in [0.3, 0.4) is 0 Å². The fraction of sp³-hybridized carbons (Fsp3) is 0.130. The van der Waals surface area contributed by atoms with Crippen molar-refractivity contribution in [2.45, 2.75) is 13.5 Å². The molecule has 0 aliphatic heterocycles. The number of nitrogens with one attached hydrogen (secondary N) is 1. The standard InChI is InChI=1S/C23H21N3O2/c1-3-26-15-19(16-9-11-18(28-2)12-10-16)22(27)21-20(26)13-14-24-23(21)25-17-7-5-4-6-8-17/h4-15H,3H2,1-2H3,(H,24,25). The van der Waals surface area contributed by atoms with E-state index in [9.17, 15) is 4.79 Å². The molecule has 5 nitrogen and oxygen atoms in total. The number of para-hydroxylation sites is 1. The monoisotopic (exact) mass is 371 g/mol. The third-order valence-corrected chi connectivity index (χ3v) is 4.77. The highest BCUT2D eigenvalue weighted by Gasteiger charge is 2.15. The zero-order chi connectivity index (χ0) is 19.5. The van der Waals surface area contributed by atoms with Gasteiger partial charge in [0.05, 0.1) is 18.0 Å². The van der Waals surface area contributed by atoms with E-state index >= 15 is 0 Å². The van der Waals surface area contributed by atoms with Crippen molar-refractivity contribution in [1.82, 2.24) is 9.55 Å². The molecule has 2 aromatic carbocycles. The van der Waals surface area contributed by atoms with Crippen LogP contribution in [0, 0.1) is 0 Å². The molecule has 0 fully saturated rings. The van der Waals surface area contributed by atoms with E-state index in [0.29, 0.717) is 16.8 Å². The van der Waals surface area contributed by atoms with E-state index in [4.69, 9.17) is 4.74 Å². The maximum Gasteiger partial charge on any atom is 0.200 e. The summed E-state index contributed by atoms with van der Waals surface area (Å²) in [4.78, 5) is 17.9. The molecule has 140 valence electrons. The Morgan fingerprint density at radius 2 is 1.79 bits per heavy atom. The van der Waals surface area contributed by atoms with Crippen LogP contribution >= 0.6 is 0 Å². The minimum Gasteiger partial charge on any atom is -0.497 e. The zero-order valence-corrected chi connectivity index (χ0v) is 15.8. The molecule has 1 N–H and O–H groups in total. The number of rotatable bonds is 5. The van der Waals surface area contributed by atoms with Crippen LogP contribution in [0.25, 0.3) is 22.0 Å². The van der Waals surface area contributed by atoms with Crippen LogP contribution in [0.1, 0.15) is 6.92 Å². The Labute approximate surface area is 163 Å². The molecule has 0 radical (unpaired) electrons. The van der Waals surface area contributed by atoms with Crippen LogP contribution in [0.15, 0.2) is 77.9 Å². The van der Waals surface area contributed by atoms with Crippen molar-refractivity contribution < 1.29 is 4.74 Å². The highest BCUT2D eigenvalue weighted by molar-refractivity contribution is 5.93. The van der Waals surface area contributed by atoms with Crippen molar-refractivity contribution >= 4 is 22.4 Å². The number of ether oxygens (including phenoxy) is 1. The number of hydrogen-bond acceptors (Lipinski definition) is 4. The summed E-state index contributed by atoms with van der Waals surface area (Å²) in [7, 11) is 1.63. The van der Waals surface area contributed by atoms with Gasteiger partial charge in [-0.3, -0.25) is 4.79 Å². The molecule has 5 heteroatoms. The SMILES string of the molecule is CCn1cc(-c2ccc(OC)cc2)c(=O)c2c(Nc3ccccc3)nccc21. The lowest BCUT2D eigenvalue weighted by Gasteiger charge is -2.15. The smallest absolute Gasteiger partial charge is 0.200 e. The summed E-state index contributed by atoms with van der Waals surface area (Å²) in [5.74, 6) is 1.32. The molecule has 0 saturated carbocycles. The molecule has 0 aliphatic carbocycles. The van der Waals surface area contributed by atoms with Crippen LogP contribution in [-0.4, -0.2) is 16.7 Å². The van der Waals surface area contributed by atoms with E-state index in [1.54, 1.807) is 13.3 Å². The number of fused-ring (bicyclic) bond motifs is 1. The molecule has 0 aliphatic rings. The number of aromatic nitrogens is 2. The maximum absolute atomic E-state index is 13.4. The predicted octanol–water partition coefficient (Wildman–Crippen LogP) is 4.84. The molecular weight excluding hydrogens is 350 g/mol. The van der Waals surface area contributed by atoms with Gasteiger partial charge in [-0.1, -0.05) is 30.3 Å². The summed E-state index contributed by atoms with van der Waals surface area (Å²) < 4.78 is 7.31. The first kappa shape index (κ1) is 17.8. The van der Waals surface area contributed by atoms with Crippen molar-refractivity contribution in [3.63, 3.8) is 0 Å². The van der Waals surface area contributed by atoms with Gasteiger partial charge in [0.1, 0.15) is 11.6 Å². The molecule has 28 heavy (non-hydrogen) atoms. The first-order valence-corrected chi connectivity index (χ1v) is 9.20. The van der Waals surface area contributed by atoms with Crippen molar-refractivity contribution in [2.75, 3.05) is 12.4 Å². The fourth-order valence-electron chi connectivity index (χ4n) is 3.32. The van der Waals surface area contributed by atoms with Gasteiger partial charge in [0.15, 0.2) is 0 Å². The lowest BCUT2D eigenvalue weighted by Crippen LogP contribution is -2.14. The average molecular weight is 371 g/mol. The van der Waals surface area contributed by atoms with Gasteiger partial charge >= 0.3 is 0 Å². The van der Waals surface area contributed by atoms with Gasteiger partial charge in [0, 0.05) is 30.2 Å². The molecule has 2 aromatic heterocycles. The first-order chi connectivity index (χ1) is 13.7. The Morgan fingerprint density at radius 3 is 2.46 bits per heavy atom. The maximum atomic E-state index is 13.4. The first-order valence-electron chi connectivity index (χ1n) is 9.20. The van der Waals surface area contributed by atoms with Gasteiger partial charge in [-0.15, -0.1) is 0 Å². The van der Waals surface area contributed by atoms with Crippen LogP contribution in [0.4, 0.5) is 11.5 Å². The molecule has 0 unspecified atom stereocenters. The number of hydrogen-bond donors (Lipinski definition) is 1. The van der Waals surface area contributed by atoms with Gasteiger partial charge in [-0.05, 0) is 42.8 Å². The lowest BCUT2D eigenvalue weighted by molar-refractivity contribution is 0.415. The molecule has 2 heterocycles. The third kappa shape index (κ3) is 3.22. The van der Waals surface area contributed by atoms with Crippen LogP contribution in [-0.2, 0) is 6.54 Å². The van der Waals surface area contributed by atoms with Crippen LogP contribution in [0.2, 0.25) is 0 Å². The Kier molecular flexibility index (Phi) is 4.81. The van der Waals surface area contributed by atoms with E-state index in [0.717, 1.165) is 29.1 Å². The second-order valence-electron chi connectivity index (χ2n) is 6.43. The van der Waals surface area contributed by atoms with E-state index in [1.807, 2.05) is 66.9 Å². The van der Waals surface area contributed by atoms with Crippen molar-refractivity contribution in [3.05, 3.63) is 83.3 Å². The lowest BCUT2D eigenvalue weighted by atomic mass is 10.0. The Hall–Kier alpha value is -3.60. The van der Waals surface area contributed by atoms with Gasteiger partial charge in [-0.2, -0.15) is 0 Å². The van der Waals surface area contributed by atoms with E-state index < -0.39 is 0 Å². The molecule has 4 rings (SSSR count). The Balaban J connectivity index is 1.93. The predicted molar refractivity (Wildman–Crippen MR) is 113 cm³/mol. The van der Waals surface area contributed by atoms with Crippen molar-refractivity contribution in [3.8, 4) is 16.9 Å². The third-order valence-electron chi connectivity index (χ3n) is 4.77. The number of pyridine rings is 2. The summed E-state index contributed by atoms with van der Waals surface area (Å²) in [5.41, 5.74) is 3.19. The largest absolute Gasteiger partial charge is 0.497 e. The average Bonchev–Trinajstić information content (AvgIpc) is 2.75. The van der Waals surface area contributed by atoms with Crippen LogP contribution < -0.4 is 15.5 Å². The summed E-state index contributed by atoms with van der Waals surface area (Å²) >= 11 is 0. The van der Waals surface area contributed by atoms with E-state index in [-0.39, 0.29) is 5.43 Å². The molecule has 0 bridgehead atoms. The van der Waals surface area contributed by atoms with Crippen LogP contribution in [0.5, 0.6) is 5.75 Å². The summed E-state index contributed by atoms with van der Waals surface area (Å²) in [5, 5.41) is 3.88. The van der Waals surface area contributed by atoms with Gasteiger partial charge in [0.2, 0.25) is 5.43 Å². The summed E-state index contributed by atoms with van der Waals surface area (Å²) in [6.45, 7) is 2.81. The second-order valence-corrected chi connectivity index (χ2v) is 6.43. The number of benzene rings is 2. The van der Waals surface area contributed by atoms with E-state index in [2.05, 4.69) is 21.8 Å². The molecular formula is C23H21N3O2. The molecule has 0 saturated heterocycles. The number of methoxy groups -OCH3 is 1. The minimum absolute atomic E-state index is 0.0450. The highest BCUT2D eigenvalue weighted by atomic mass is 16.5. The fourth-order valence-corrected chi connectivity index (χ4v) is 3.32. The van der Waals surface area contributed by atoms with Gasteiger partial charge < -0.3 is 14.6 Å². The minimum atomic E-state index is -0.0450. The van der Waals surface area contributed by atoms with Crippen molar-refractivity contribution in [2.24, 2.45) is 0 Å².